The molecular formula is C19H27N. The summed E-state index contributed by atoms with van der Waals surface area (Å²) in [7, 11) is 0. The van der Waals surface area contributed by atoms with Gasteiger partial charge in [-0.3, -0.25) is 0 Å². The molecule has 1 aliphatic carbocycles. The molecule has 1 nitrogen and oxygen atoms in total. The highest BCUT2D eigenvalue weighted by atomic mass is 14.9. The van der Waals surface area contributed by atoms with Crippen LogP contribution >= 0.6 is 0 Å². The third-order valence-corrected chi connectivity index (χ3v) is 4.16. The van der Waals surface area contributed by atoms with Crippen LogP contribution in [0.3, 0.4) is 0 Å². The number of benzene rings is 1. The van der Waals surface area contributed by atoms with Crippen LogP contribution < -0.4 is 5.32 Å². The first-order valence-electron chi connectivity index (χ1n) is 7.90. The van der Waals surface area contributed by atoms with E-state index in [-0.39, 0.29) is 0 Å². The molecule has 0 heterocycles. The Morgan fingerprint density at radius 3 is 2.60 bits per heavy atom. The van der Waals surface area contributed by atoms with Gasteiger partial charge in [-0.2, -0.15) is 0 Å². The van der Waals surface area contributed by atoms with E-state index in [0.29, 0.717) is 6.04 Å². The van der Waals surface area contributed by atoms with E-state index in [2.05, 4.69) is 55.2 Å². The van der Waals surface area contributed by atoms with E-state index in [1.165, 1.54) is 49.7 Å². The van der Waals surface area contributed by atoms with Crippen LogP contribution in [0.2, 0.25) is 0 Å². The molecule has 0 bridgehead atoms. The van der Waals surface area contributed by atoms with Crippen LogP contribution in [0, 0.1) is 6.92 Å². The van der Waals surface area contributed by atoms with E-state index in [0.717, 1.165) is 12.1 Å². The zero-order valence-corrected chi connectivity index (χ0v) is 12.7. The standard InChI is InChI=1S/C19H27N/c1-16(13-14-18-10-8-7-9-17(18)2)15-20-19-11-5-3-4-6-12-19/h7-10,13-14,19-20H,1,3-6,11-12,15H2,2H3/b14-13-. The van der Waals surface area contributed by atoms with Gasteiger partial charge < -0.3 is 5.32 Å². The van der Waals surface area contributed by atoms with Gasteiger partial charge in [-0.1, -0.05) is 68.7 Å². The Kier molecular flexibility index (Phi) is 6.07. The lowest BCUT2D eigenvalue weighted by Gasteiger charge is -2.16. The maximum Gasteiger partial charge on any atom is 0.0202 e. The normalized spacial score (nSPS) is 17.2. The fraction of sp³-hybridized carbons (Fsp3) is 0.474. The van der Waals surface area contributed by atoms with Gasteiger partial charge in [0.25, 0.3) is 0 Å². The number of hydrogen-bond acceptors (Lipinski definition) is 1. The molecule has 1 aromatic rings. The molecule has 108 valence electrons. The van der Waals surface area contributed by atoms with Crippen molar-refractivity contribution in [3.8, 4) is 0 Å². The number of aryl methyl sites for hydroxylation is 1. The molecule has 1 heteroatoms. The molecule has 0 radical (unpaired) electrons. The molecule has 0 atom stereocenters. The predicted molar refractivity (Wildman–Crippen MR) is 88.8 cm³/mol. The fourth-order valence-electron chi connectivity index (χ4n) is 2.80. The molecular weight excluding hydrogens is 242 g/mol. The zero-order chi connectivity index (χ0) is 14.2. The second-order valence-corrected chi connectivity index (χ2v) is 5.92. The molecule has 0 aliphatic heterocycles. The lowest BCUT2D eigenvalue weighted by molar-refractivity contribution is 0.479. The lowest BCUT2D eigenvalue weighted by atomic mass is 10.1. The van der Waals surface area contributed by atoms with Gasteiger partial charge in [0.1, 0.15) is 0 Å². The van der Waals surface area contributed by atoms with Crippen molar-refractivity contribution in [3.05, 3.63) is 53.6 Å². The van der Waals surface area contributed by atoms with Gasteiger partial charge in [0.15, 0.2) is 0 Å². The maximum atomic E-state index is 4.16. The Labute approximate surface area is 123 Å². The summed E-state index contributed by atoms with van der Waals surface area (Å²) in [6.07, 6.45) is 12.5. The van der Waals surface area contributed by atoms with E-state index in [1.54, 1.807) is 0 Å². The van der Waals surface area contributed by atoms with Crippen LogP contribution in [0.5, 0.6) is 0 Å². The Morgan fingerprint density at radius 2 is 1.90 bits per heavy atom. The average Bonchev–Trinajstić information content (AvgIpc) is 2.73. The molecule has 0 spiro atoms. The molecule has 2 rings (SSSR count). The Balaban J connectivity index is 1.79. The van der Waals surface area contributed by atoms with Crippen LogP contribution in [0.1, 0.15) is 49.7 Å². The van der Waals surface area contributed by atoms with Crippen molar-refractivity contribution in [2.45, 2.75) is 51.5 Å². The minimum atomic E-state index is 0.695. The summed E-state index contributed by atoms with van der Waals surface area (Å²) >= 11 is 0. The van der Waals surface area contributed by atoms with E-state index in [4.69, 9.17) is 0 Å². The Hall–Kier alpha value is -1.34. The highest BCUT2D eigenvalue weighted by Gasteiger charge is 2.10. The van der Waals surface area contributed by atoms with Gasteiger partial charge >= 0.3 is 0 Å². The summed E-state index contributed by atoms with van der Waals surface area (Å²) in [6, 6.07) is 9.15. The van der Waals surface area contributed by atoms with Crippen LogP contribution in [-0.4, -0.2) is 12.6 Å². The fourth-order valence-corrected chi connectivity index (χ4v) is 2.80. The topological polar surface area (TPSA) is 12.0 Å². The first-order valence-corrected chi connectivity index (χ1v) is 7.90. The van der Waals surface area contributed by atoms with E-state index in [1.807, 2.05) is 0 Å². The third kappa shape index (κ3) is 4.97. The number of hydrogen-bond donors (Lipinski definition) is 1. The summed E-state index contributed by atoms with van der Waals surface area (Å²) in [5.74, 6) is 0. The molecule has 1 saturated carbocycles. The number of rotatable bonds is 5. The van der Waals surface area contributed by atoms with Crippen molar-refractivity contribution in [1.82, 2.24) is 5.32 Å². The Bertz CT molecular complexity index is 451. The monoisotopic (exact) mass is 269 g/mol. The van der Waals surface area contributed by atoms with Gasteiger partial charge in [-0.25, -0.2) is 0 Å². The Morgan fingerprint density at radius 1 is 1.20 bits per heavy atom. The quantitative estimate of drug-likeness (QED) is 0.593. The number of nitrogens with one attached hydrogen (secondary N) is 1. The van der Waals surface area contributed by atoms with E-state index >= 15 is 0 Å². The SMILES string of the molecule is C=C(/C=C\c1ccccc1C)CNC1CCCCCC1. The average molecular weight is 269 g/mol. The van der Waals surface area contributed by atoms with Crippen molar-refractivity contribution in [1.29, 1.82) is 0 Å². The third-order valence-electron chi connectivity index (χ3n) is 4.16. The highest BCUT2D eigenvalue weighted by Crippen LogP contribution is 2.17. The smallest absolute Gasteiger partial charge is 0.0202 e. The summed E-state index contributed by atoms with van der Waals surface area (Å²) in [6.45, 7) is 7.21. The summed E-state index contributed by atoms with van der Waals surface area (Å²) in [5.41, 5.74) is 3.76. The second kappa shape index (κ2) is 8.06. The van der Waals surface area contributed by atoms with Crippen molar-refractivity contribution in [2.75, 3.05) is 6.54 Å². The minimum absolute atomic E-state index is 0.695. The van der Waals surface area contributed by atoms with E-state index in [9.17, 15) is 0 Å². The molecule has 1 N–H and O–H groups in total. The summed E-state index contributed by atoms with van der Waals surface area (Å²) in [4.78, 5) is 0. The molecule has 0 unspecified atom stereocenters. The van der Waals surface area contributed by atoms with Gasteiger partial charge in [0, 0.05) is 12.6 Å². The molecule has 1 aromatic carbocycles. The molecule has 0 aromatic heterocycles. The van der Waals surface area contributed by atoms with Crippen molar-refractivity contribution in [2.24, 2.45) is 0 Å². The van der Waals surface area contributed by atoms with Gasteiger partial charge in [0.05, 0.1) is 0 Å². The molecule has 1 aliphatic rings. The van der Waals surface area contributed by atoms with Crippen LogP contribution in [0.15, 0.2) is 42.5 Å². The zero-order valence-electron chi connectivity index (χ0n) is 12.7. The van der Waals surface area contributed by atoms with Gasteiger partial charge in [-0.05, 0) is 36.5 Å². The molecule has 0 amide bonds. The van der Waals surface area contributed by atoms with Crippen molar-refractivity contribution in [3.63, 3.8) is 0 Å². The maximum absolute atomic E-state index is 4.16. The van der Waals surface area contributed by atoms with Crippen LogP contribution in [0.25, 0.3) is 6.08 Å². The summed E-state index contributed by atoms with van der Waals surface area (Å²) < 4.78 is 0. The molecule has 20 heavy (non-hydrogen) atoms. The predicted octanol–water partition coefficient (Wildman–Crippen LogP) is 4.88. The van der Waals surface area contributed by atoms with Crippen molar-refractivity contribution >= 4 is 6.08 Å². The van der Waals surface area contributed by atoms with Crippen LogP contribution in [0.4, 0.5) is 0 Å². The highest BCUT2D eigenvalue weighted by molar-refractivity contribution is 5.56. The second-order valence-electron chi connectivity index (χ2n) is 5.92. The lowest BCUT2D eigenvalue weighted by Crippen LogP contribution is -2.29. The first kappa shape index (κ1) is 15.1. The van der Waals surface area contributed by atoms with Gasteiger partial charge in [0.2, 0.25) is 0 Å². The molecule has 1 fully saturated rings. The minimum Gasteiger partial charge on any atom is -0.310 e. The van der Waals surface area contributed by atoms with E-state index < -0.39 is 0 Å². The largest absolute Gasteiger partial charge is 0.310 e. The van der Waals surface area contributed by atoms with Gasteiger partial charge in [-0.15, -0.1) is 0 Å². The first-order chi connectivity index (χ1) is 9.75. The molecule has 0 saturated heterocycles. The summed E-state index contributed by atoms with van der Waals surface area (Å²) in [5, 5.41) is 3.66. The van der Waals surface area contributed by atoms with Crippen molar-refractivity contribution < 1.29 is 0 Å². The van der Waals surface area contributed by atoms with Crippen LogP contribution in [-0.2, 0) is 0 Å².